The number of benzene rings is 5. The highest BCUT2D eigenvalue weighted by atomic mass is 32.2. The number of rotatable bonds is 20. The number of thiazole rings is 1. The molecule has 5 N–H and O–H groups in total. The van der Waals surface area contributed by atoms with E-state index in [9.17, 15) is 18.3 Å². The fourth-order valence-corrected chi connectivity index (χ4v) is 11.4. The Morgan fingerprint density at radius 1 is 0.812 bits per heavy atom. The van der Waals surface area contributed by atoms with Crippen molar-refractivity contribution < 1.29 is 45.7 Å². The molecule has 5 aromatic carbocycles. The second kappa shape index (κ2) is 21.4. The SMILES string of the molecule is COc1ccc(CN(Cc2ccc(OC)cc2)S(=O)(=O)c2c(S(=O)(=O)NC[C@H](O)CNC(=O)OC(C)(C)C)ccc(-c3ccc4sc(CN)nc4c3)c2-c2nnn(Cc3ccc(OC)cc3)n2)cc1. The van der Waals surface area contributed by atoms with Crippen LogP contribution in [0, 0.1) is 0 Å². The zero-order valence-electron chi connectivity index (χ0n) is 38.7. The molecule has 2 heterocycles. The number of tetrazole rings is 1. The van der Waals surface area contributed by atoms with Crippen molar-refractivity contribution in [2.45, 2.75) is 68.4 Å². The lowest BCUT2D eigenvalue weighted by molar-refractivity contribution is 0.0494. The number of carbonyl (C=O) groups is 1. The largest absolute Gasteiger partial charge is 0.497 e. The molecule has 19 nitrogen and oxygen atoms in total. The molecule has 0 saturated heterocycles. The van der Waals surface area contributed by atoms with E-state index in [0.717, 1.165) is 14.6 Å². The van der Waals surface area contributed by atoms with E-state index in [4.69, 9.17) is 29.8 Å². The van der Waals surface area contributed by atoms with Gasteiger partial charge >= 0.3 is 6.09 Å². The summed E-state index contributed by atoms with van der Waals surface area (Å²) >= 11 is 1.41. The Morgan fingerprint density at radius 3 is 1.94 bits per heavy atom. The van der Waals surface area contributed by atoms with Crippen LogP contribution in [0.5, 0.6) is 17.2 Å². The second-order valence-corrected chi connectivity index (χ2v) is 21.4. The van der Waals surface area contributed by atoms with Crippen molar-refractivity contribution in [3.63, 3.8) is 0 Å². The Labute approximate surface area is 404 Å². The number of methoxy groups -OCH3 is 3. The van der Waals surface area contributed by atoms with E-state index >= 15 is 8.42 Å². The van der Waals surface area contributed by atoms with Crippen molar-refractivity contribution in [1.29, 1.82) is 0 Å². The van der Waals surface area contributed by atoms with Crippen LogP contribution < -0.4 is 30.0 Å². The molecule has 2 aromatic heterocycles. The first kappa shape index (κ1) is 50.3. The Hall–Kier alpha value is -6.53. The summed E-state index contributed by atoms with van der Waals surface area (Å²) in [7, 11) is -5.25. The van der Waals surface area contributed by atoms with Crippen LogP contribution in [0.25, 0.3) is 32.7 Å². The Kier molecular flexibility index (Phi) is 15.6. The number of aromatic nitrogens is 5. The van der Waals surface area contributed by atoms with Crippen molar-refractivity contribution >= 4 is 47.7 Å². The van der Waals surface area contributed by atoms with Crippen molar-refractivity contribution in [3.8, 4) is 39.8 Å². The van der Waals surface area contributed by atoms with Gasteiger partial charge in [0.1, 0.15) is 37.6 Å². The van der Waals surface area contributed by atoms with Crippen LogP contribution in [0.1, 0.15) is 42.5 Å². The molecule has 7 rings (SSSR count). The minimum atomic E-state index is -4.97. The zero-order chi connectivity index (χ0) is 49.5. The van der Waals surface area contributed by atoms with Gasteiger partial charge in [-0.3, -0.25) is 0 Å². The lowest BCUT2D eigenvalue weighted by Crippen LogP contribution is -2.42. The third-order valence-corrected chi connectivity index (χ3v) is 15.0. The van der Waals surface area contributed by atoms with Crippen LogP contribution in [-0.2, 0) is 51.0 Å². The first-order valence-electron chi connectivity index (χ1n) is 21.5. The van der Waals surface area contributed by atoms with Crippen molar-refractivity contribution in [1.82, 2.24) is 39.5 Å². The van der Waals surface area contributed by atoms with Crippen LogP contribution in [0.15, 0.2) is 113 Å². The molecule has 1 atom stereocenters. The zero-order valence-corrected chi connectivity index (χ0v) is 41.2. The Bertz CT molecular complexity index is 3070. The van der Waals surface area contributed by atoms with Gasteiger partial charge in [-0.15, -0.1) is 21.5 Å². The molecular weight excluding hydrogens is 947 g/mol. The highest BCUT2D eigenvalue weighted by Gasteiger charge is 2.38. The van der Waals surface area contributed by atoms with Crippen LogP contribution in [-0.4, -0.2) is 104 Å². The number of alkyl carbamates (subject to hydrolysis) is 1. The topological polar surface area (TPSA) is 252 Å². The van der Waals surface area contributed by atoms with E-state index in [-0.39, 0.29) is 43.1 Å². The number of hydrogen-bond acceptors (Lipinski definition) is 16. The third-order valence-electron chi connectivity index (χ3n) is 10.5. The Balaban J connectivity index is 1.43. The normalized spacial score (nSPS) is 12.5. The number of nitrogens with zero attached hydrogens (tertiary/aromatic N) is 6. The summed E-state index contributed by atoms with van der Waals surface area (Å²) in [5.41, 5.74) is 8.13. The Morgan fingerprint density at radius 2 is 1.39 bits per heavy atom. The van der Waals surface area contributed by atoms with Crippen LogP contribution in [0.3, 0.4) is 0 Å². The quantitative estimate of drug-likeness (QED) is 0.0714. The molecule has 0 radical (unpaired) electrons. The van der Waals surface area contributed by atoms with Crippen molar-refractivity contribution in [3.05, 3.63) is 125 Å². The number of hydrogen-bond donors (Lipinski definition) is 4. The lowest BCUT2D eigenvalue weighted by Gasteiger charge is -2.26. The molecule has 0 aliphatic heterocycles. The van der Waals surface area contributed by atoms with Crippen molar-refractivity contribution in [2.24, 2.45) is 5.73 Å². The molecule has 0 unspecified atom stereocenters. The molecule has 0 saturated carbocycles. The van der Waals surface area contributed by atoms with Crippen LogP contribution >= 0.6 is 11.3 Å². The van der Waals surface area contributed by atoms with E-state index in [1.807, 2.05) is 18.2 Å². The monoisotopic (exact) mass is 999 g/mol. The molecule has 22 heteroatoms. The number of amides is 1. The van der Waals surface area contributed by atoms with Crippen molar-refractivity contribution in [2.75, 3.05) is 34.4 Å². The number of nitrogens with two attached hydrogens (primary N) is 1. The summed E-state index contributed by atoms with van der Waals surface area (Å²) in [5, 5.41) is 27.4. The molecule has 7 aromatic rings. The van der Waals surface area contributed by atoms with Gasteiger partial charge < -0.3 is 35.1 Å². The number of sulfonamides is 2. The summed E-state index contributed by atoms with van der Waals surface area (Å²) in [6, 6.07) is 28.8. The minimum Gasteiger partial charge on any atom is -0.497 e. The first-order chi connectivity index (χ1) is 32.9. The second-order valence-electron chi connectivity index (χ2n) is 16.7. The van der Waals surface area contributed by atoms with Gasteiger partial charge in [0.25, 0.3) is 0 Å². The lowest BCUT2D eigenvalue weighted by atomic mass is 9.99. The van der Waals surface area contributed by atoms with E-state index < -0.39 is 60.7 Å². The van der Waals surface area contributed by atoms with Gasteiger partial charge in [-0.1, -0.05) is 48.5 Å². The summed E-state index contributed by atoms with van der Waals surface area (Å²) < 4.78 is 87.3. The van der Waals surface area contributed by atoms with Gasteiger partial charge in [0.05, 0.1) is 49.8 Å². The highest BCUT2D eigenvalue weighted by Crippen LogP contribution is 2.42. The van der Waals surface area contributed by atoms with Gasteiger partial charge in [0, 0.05) is 32.7 Å². The number of fused-ring (bicyclic) bond motifs is 1. The third kappa shape index (κ3) is 12.4. The maximum absolute atomic E-state index is 16.0. The molecule has 69 heavy (non-hydrogen) atoms. The average molecular weight is 1000 g/mol. The number of aliphatic hydroxyl groups is 1. The minimum absolute atomic E-state index is 0.108. The fraction of sp³-hybridized carbons (Fsp3) is 0.298. The standard InChI is InChI=1S/C47H53N9O10S3/c1-47(2,3)66-46(58)49-25-34(57)26-50-68(59,60)41-22-20-38(33-13-21-40-39(23-33)51-42(24-48)67-40)43(45-52-54-56(53-45)29-32-11-18-37(65-6)19-12-32)44(41)69(61,62)55(27-30-7-14-35(63-4)15-8-30)28-31-9-16-36(64-5)17-10-31/h7-23,34,50,57H,24-29,48H2,1-6H3,(H,49,58)/t34-/m1/s1. The van der Waals surface area contributed by atoms with Gasteiger partial charge in [-0.05, 0) is 108 Å². The molecule has 1 amide bonds. The fourth-order valence-electron chi connectivity index (χ4n) is 7.12. The van der Waals surface area contributed by atoms with Gasteiger partial charge in [-0.25, -0.2) is 31.3 Å². The maximum atomic E-state index is 16.0. The number of aliphatic hydroxyl groups excluding tert-OH is 1. The summed E-state index contributed by atoms with van der Waals surface area (Å²) in [6.07, 6.45) is -2.29. The number of nitrogens with one attached hydrogen (secondary N) is 2. The predicted molar refractivity (Wildman–Crippen MR) is 260 cm³/mol. The highest BCUT2D eigenvalue weighted by molar-refractivity contribution is 7.92. The van der Waals surface area contributed by atoms with E-state index in [0.29, 0.717) is 44.5 Å². The average Bonchev–Trinajstić information content (AvgIpc) is 3.99. The first-order valence-corrected chi connectivity index (χ1v) is 25.2. The molecule has 0 aliphatic rings. The molecule has 0 aliphatic carbocycles. The molecule has 0 spiro atoms. The summed E-state index contributed by atoms with van der Waals surface area (Å²) in [5.74, 6) is 1.51. The van der Waals surface area contributed by atoms with Gasteiger partial charge in [0.2, 0.25) is 25.9 Å². The van der Waals surface area contributed by atoms with E-state index in [2.05, 4.69) is 25.3 Å². The van der Waals surface area contributed by atoms with E-state index in [1.165, 1.54) is 42.5 Å². The number of carbonyl (C=O) groups excluding carboxylic acids is 1. The summed E-state index contributed by atoms with van der Waals surface area (Å²) in [6.45, 7) is 3.84. The van der Waals surface area contributed by atoms with Gasteiger partial charge in [-0.2, -0.15) is 9.10 Å². The molecule has 364 valence electrons. The maximum Gasteiger partial charge on any atom is 0.407 e. The molecule has 0 fully saturated rings. The molecular formula is C47H53N9O10S3. The van der Waals surface area contributed by atoms with E-state index in [1.54, 1.807) is 101 Å². The molecule has 0 bridgehead atoms. The summed E-state index contributed by atoms with van der Waals surface area (Å²) in [4.78, 5) is 17.0. The number of ether oxygens (including phenoxy) is 4. The van der Waals surface area contributed by atoms with Crippen LogP contribution in [0.4, 0.5) is 4.79 Å². The predicted octanol–water partition coefficient (Wildman–Crippen LogP) is 5.70. The van der Waals surface area contributed by atoms with Crippen LogP contribution in [0.2, 0.25) is 0 Å². The van der Waals surface area contributed by atoms with Gasteiger partial charge in [0.15, 0.2) is 0 Å². The smallest absolute Gasteiger partial charge is 0.407 e.